The van der Waals surface area contributed by atoms with E-state index in [9.17, 15) is 9.59 Å². The molecule has 1 aliphatic rings. The van der Waals surface area contributed by atoms with Crippen LogP contribution in [0, 0.1) is 0 Å². The highest BCUT2D eigenvalue weighted by molar-refractivity contribution is 8.14. The lowest BCUT2D eigenvalue weighted by molar-refractivity contribution is -0.120. The van der Waals surface area contributed by atoms with Crippen molar-refractivity contribution < 1.29 is 14.3 Å². The van der Waals surface area contributed by atoms with E-state index in [0.717, 1.165) is 5.56 Å². The Morgan fingerprint density at radius 1 is 1.23 bits per heavy atom. The van der Waals surface area contributed by atoms with Gasteiger partial charge in [-0.15, -0.1) is 0 Å². The summed E-state index contributed by atoms with van der Waals surface area (Å²) in [6, 6.07) is 16.6. The number of nitrogens with zero attached hydrogens (tertiary/aromatic N) is 1. The van der Waals surface area contributed by atoms with Gasteiger partial charge in [0.1, 0.15) is 5.75 Å². The quantitative estimate of drug-likeness (QED) is 0.849. The van der Waals surface area contributed by atoms with Gasteiger partial charge in [-0.05, 0) is 17.7 Å². The van der Waals surface area contributed by atoms with Gasteiger partial charge in [-0.25, -0.2) is 0 Å². The fourth-order valence-electron chi connectivity index (χ4n) is 2.57. The summed E-state index contributed by atoms with van der Waals surface area (Å²) in [4.78, 5) is 28.7. The Hall–Kier alpha value is -2.80. The smallest absolute Gasteiger partial charge is 0.234 e. The number of thioether (sulfide) groups is 1. The molecule has 0 bridgehead atoms. The van der Waals surface area contributed by atoms with Crippen molar-refractivity contribution in [1.82, 2.24) is 5.32 Å². The van der Waals surface area contributed by atoms with Gasteiger partial charge >= 0.3 is 0 Å². The molecule has 26 heavy (non-hydrogen) atoms. The van der Waals surface area contributed by atoms with Crippen LogP contribution in [0.5, 0.6) is 5.75 Å². The van der Waals surface area contributed by atoms with E-state index in [0.29, 0.717) is 23.0 Å². The normalized spacial score (nSPS) is 16.4. The molecule has 2 amide bonds. The summed E-state index contributed by atoms with van der Waals surface area (Å²) in [5, 5.41) is 5.99. The number of carbonyl (C=O) groups is 2. The Bertz CT molecular complexity index is 824. The number of ether oxygens (including phenoxy) is 1. The third-order valence-corrected chi connectivity index (χ3v) is 4.69. The van der Waals surface area contributed by atoms with Crippen LogP contribution in [0.3, 0.4) is 0 Å². The number of nitrogens with one attached hydrogen (secondary N) is 2. The number of hydrogen-bond donors (Lipinski definition) is 2. The number of amides is 2. The fourth-order valence-corrected chi connectivity index (χ4v) is 3.30. The summed E-state index contributed by atoms with van der Waals surface area (Å²) in [7, 11) is 1.55. The summed E-state index contributed by atoms with van der Waals surface area (Å²) in [5.41, 5.74) is 1.59. The van der Waals surface area contributed by atoms with E-state index in [2.05, 4.69) is 15.6 Å². The first-order chi connectivity index (χ1) is 12.7. The fraction of sp³-hybridized carbons (Fsp3) is 0.211. The second-order valence-corrected chi connectivity index (χ2v) is 6.61. The van der Waals surface area contributed by atoms with Gasteiger partial charge in [0.15, 0.2) is 5.17 Å². The van der Waals surface area contributed by atoms with Crippen LogP contribution in [-0.2, 0) is 9.59 Å². The first-order valence-corrected chi connectivity index (χ1v) is 9.12. The molecular weight excluding hydrogens is 350 g/mol. The van der Waals surface area contributed by atoms with Gasteiger partial charge in [-0.1, -0.05) is 54.2 Å². The van der Waals surface area contributed by atoms with Gasteiger partial charge in [0.2, 0.25) is 11.8 Å². The number of para-hydroxylation sites is 2. The van der Waals surface area contributed by atoms with Gasteiger partial charge in [-0.2, -0.15) is 0 Å². The first kappa shape index (κ1) is 18.0. The highest BCUT2D eigenvalue weighted by atomic mass is 32.2. The van der Waals surface area contributed by atoms with Crippen LogP contribution in [0.15, 0.2) is 59.6 Å². The number of anilines is 1. The topological polar surface area (TPSA) is 79.8 Å². The lowest BCUT2D eigenvalue weighted by atomic mass is 10.0. The van der Waals surface area contributed by atoms with E-state index in [4.69, 9.17) is 4.74 Å². The molecule has 2 N–H and O–H groups in total. The van der Waals surface area contributed by atoms with Crippen molar-refractivity contribution in [2.75, 3.05) is 18.2 Å². The van der Waals surface area contributed by atoms with Crippen molar-refractivity contribution in [1.29, 1.82) is 0 Å². The molecule has 0 aromatic heterocycles. The molecule has 2 aromatic carbocycles. The van der Waals surface area contributed by atoms with Crippen LogP contribution in [0.4, 0.5) is 5.69 Å². The molecule has 134 valence electrons. The SMILES string of the molecule is COc1ccccc1NC(=O)CSC1=NC(c2ccccc2)CC(=O)N1. The number of amidine groups is 1. The van der Waals surface area contributed by atoms with Crippen LogP contribution in [0.2, 0.25) is 0 Å². The molecule has 0 saturated carbocycles. The highest BCUT2D eigenvalue weighted by Crippen LogP contribution is 2.26. The number of benzene rings is 2. The standard InChI is InChI=1S/C19H19N3O3S/c1-25-16-10-6-5-9-14(16)20-18(24)12-26-19-21-15(11-17(23)22-19)13-7-3-2-4-8-13/h2-10,15H,11-12H2,1H3,(H,20,24)(H,21,22,23). The molecule has 7 heteroatoms. The second-order valence-electron chi connectivity index (χ2n) is 5.65. The molecule has 1 atom stereocenters. The van der Waals surface area contributed by atoms with Gasteiger partial charge in [-0.3, -0.25) is 14.6 Å². The minimum absolute atomic E-state index is 0.0958. The van der Waals surface area contributed by atoms with E-state index in [-0.39, 0.29) is 23.6 Å². The summed E-state index contributed by atoms with van der Waals surface area (Å²) in [5.74, 6) is 0.441. The van der Waals surface area contributed by atoms with Crippen molar-refractivity contribution in [3.8, 4) is 5.75 Å². The van der Waals surface area contributed by atoms with Crippen LogP contribution in [0.25, 0.3) is 0 Å². The zero-order valence-corrected chi connectivity index (χ0v) is 15.1. The molecule has 0 spiro atoms. The van der Waals surface area contributed by atoms with E-state index in [1.54, 1.807) is 19.2 Å². The number of hydrogen-bond acceptors (Lipinski definition) is 5. The average Bonchev–Trinajstić information content (AvgIpc) is 2.67. The predicted octanol–water partition coefficient (Wildman–Crippen LogP) is 2.98. The van der Waals surface area contributed by atoms with Crippen LogP contribution in [0.1, 0.15) is 18.0 Å². The maximum atomic E-state index is 12.2. The largest absolute Gasteiger partial charge is 0.495 e. The lowest BCUT2D eigenvalue weighted by Gasteiger charge is -2.20. The summed E-state index contributed by atoms with van der Waals surface area (Å²) in [6.45, 7) is 0. The molecule has 0 radical (unpaired) electrons. The maximum Gasteiger partial charge on any atom is 0.234 e. The Kier molecular flexibility index (Phi) is 5.91. The Balaban J connectivity index is 1.62. The number of rotatable bonds is 5. The molecule has 3 rings (SSSR count). The van der Waals surface area contributed by atoms with E-state index < -0.39 is 0 Å². The van der Waals surface area contributed by atoms with Crippen molar-refractivity contribution in [2.45, 2.75) is 12.5 Å². The van der Waals surface area contributed by atoms with Crippen molar-refractivity contribution in [2.24, 2.45) is 4.99 Å². The second kappa shape index (κ2) is 8.53. The third kappa shape index (κ3) is 4.64. The van der Waals surface area contributed by atoms with Gasteiger partial charge < -0.3 is 15.4 Å². The molecule has 6 nitrogen and oxygen atoms in total. The monoisotopic (exact) mass is 369 g/mol. The van der Waals surface area contributed by atoms with E-state index >= 15 is 0 Å². The van der Waals surface area contributed by atoms with Crippen LogP contribution >= 0.6 is 11.8 Å². The molecule has 0 fully saturated rings. The van der Waals surface area contributed by atoms with Crippen LogP contribution in [-0.4, -0.2) is 29.8 Å². The zero-order chi connectivity index (χ0) is 18.4. The lowest BCUT2D eigenvalue weighted by Crippen LogP contribution is -2.35. The molecule has 1 aliphatic heterocycles. The van der Waals surface area contributed by atoms with Gasteiger partial charge in [0.25, 0.3) is 0 Å². The van der Waals surface area contributed by atoms with E-state index in [1.165, 1.54) is 11.8 Å². The Labute approximate surface area is 156 Å². The maximum absolute atomic E-state index is 12.2. The minimum Gasteiger partial charge on any atom is -0.495 e. The van der Waals surface area contributed by atoms with E-state index in [1.807, 2.05) is 42.5 Å². The Morgan fingerprint density at radius 3 is 2.73 bits per heavy atom. The van der Waals surface area contributed by atoms with Crippen LogP contribution < -0.4 is 15.4 Å². The zero-order valence-electron chi connectivity index (χ0n) is 14.3. The van der Waals surface area contributed by atoms with Crippen molar-refractivity contribution in [3.63, 3.8) is 0 Å². The van der Waals surface area contributed by atoms with Gasteiger partial charge in [0, 0.05) is 0 Å². The average molecular weight is 369 g/mol. The summed E-state index contributed by atoms with van der Waals surface area (Å²) < 4.78 is 5.22. The highest BCUT2D eigenvalue weighted by Gasteiger charge is 2.23. The molecule has 2 aromatic rings. The predicted molar refractivity (Wildman–Crippen MR) is 103 cm³/mol. The molecular formula is C19H19N3O3S. The number of aliphatic imine (C=N–C) groups is 1. The first-order valence-electron chi connectivity index (χ1n) is 8.14. The molecule has 1 unspecified atom stereocenters. The van der Waals surface area contributed by atoms with Gasteiger partial charge in [0.05, 0.1) is 31.0 Å². The molecule has 0 saturated heterocycles. The van der Waals surface area contributed by atoms with Crippen molar-refractivity contribution >= 4 is 34.4 Å². The van der Waals surface area contributed by atoms with Crippen molar-refractivity contribution in [3.05, 3.63) is 60.2 Å². The summed E-state index contributed by atoms with van der Waals surface area (Å²) >= 11 is 1.21. The summed E-state index contributed by atoms with van der Waals surface area (Å²) in [6.07, 6.45) is 0.307. The number of carbonyl (C=O) groups excluding carboxylic acids is 2. The third-order valence-electron chi connectivity index (χ3n) is 3.80. The molecule has 0 aliphatic carbocycles. The molecule has 1 heterocycles. The number of methoxy groups -OCH3 is 1. The minimum atomic E-state index is -0.218. The Morgan fingerprint density at radius 2 is 1.96 bits per heavy atom.